The van der Waals surface area contributed by atoms with E-state index in [0.29, 0.717) is 28.6 Å². The number of sulfonamides is 1. The van der Waals surface area contributed by atoms with Crippen LogP contribution < -0.4 is 14.5 Å². The molecule has 0 spiro atoms. The van der Waals surface area contributed by atoms with Gasteiger partial charge >= 0.3 is 0 Å². The molecule has 0 aromatic heterocycles. The van der Waals surface area contributed by atoms with Crippen LogP contribution >= 0.6 is 11.6 Å². The van der Waals surface area contributed by atoms with Crippen LogP contribution in [-0.2, 0) is 21.4 Å². The second-order valence-corrected chi connectivity index (χ2v) is 10.8. The number of carbonyl (C=O) groups excluding carboxylic acids is 1. The van der Waals surface area contributed by atoms with Crippen molar-refractivity contribution in [3.05, 3.63) is 107 Å². The first-order chi connectivity index (χ1) is 17.7. The van der Waals surface area contributed by atoms with Gasteiger partial charge in [-0.25, -0.2) is 13.8 Å². The fourth-order valence-electron chi connectivity index (χ4n) is 3.82. The summed E-state index contributed by atoms with van der Waals surface area (Å²) in [6.45, 7) is 1.70. The molecule has 7 nitrogen and oxygen atoms in total. The molecule has 0 aliphatic carbocycles. The van der Waals surface area contributed by atoms with Gasteiger partial charge < -0.3 is 4.74 Å². The summed E-state index contributed by atoms with van der Waals surface area (Å²) in [5.74, 6) is 0.117. The Morgan fingerprint density at radius 2 is 1.70 bits per heavy atom. The van der Waals surface area contributed by atoms with Crippen LogP contribution in [0.3, 0.4) is 0 Å². The van der Waals surface area contributed by atoms with Crippen LogP contribution in [0.15, 0.2) is 90.0 Å². The first-order valence-corrected chi connectivity index (χ1v) is 13.7. The molecule has 0 radical (unpaired) electrons. The molecule has 4 aromatic rings. The molecule has 0 saturated heterocycles. The summed E-state index contributed by atoms with van der Waals surface area (Å²) in [6.07, 6.45) is 2.51. The third-order valence-electron chi connectivity index (χ3n) is 5.75. The lowest BCUT2D eigenvalue weighted by atomic mass is 10.1. The number of hydrazone groups is 1. The smallest absolute Gasteiger partial charge is 0.260 e. The van der Waals surface area contributed by atoms with Gasteiger partial charge in [-0.1, -0.05) is 60.1 Å². The normalized spacial score (nSPS) is 11.5. The van der Waals surface area contributed by atoms with Crippen molar-refractivity contribution in [3.8, 4) is 5.75 Å². The minimum absolute atomic E-state index is 0.341. The summed E-state index contributed by atoms with van der Waals surface area (Å²) in [6, 6.07) is 26.5. The molecule has 1 N–H and O–H groups in total. The highest BCUT2D eigenvalue weighted by molar-refractivity contribution is 7.92. The number of rotatable bonds is 9. The van der Waals surface area contributed by atoms with Gasteiger partial charge in [-0.2, -0.15) is 5.10 Å². The molecule has 4 rings (SSSR count). The van der Waals surface area contributed by atoms with Crippen molar-refractivity contribution in [2.24, 2.45) is 5.10 Å². The lowest BCUT2D eigenvalue weighted by molar-refractivity contribution is -0.119. The zero-order valence-corrected chi connectivity index (χ0v) is 22.0. The Balaban J connectivity index is 1.35. The highest BCUT2D eigenvalue weighted by Crippen LogP contribution is 2.28. The van der Waals surface area contributed by atoms with Crippen LogP contribution in [-0.4, -0.2) is 33.3 Å². The van der Waals surface area contributed by atoms with E-state index in [0.717, 1.165) is 27.1 Å². The predicted molar refractivity (Wildman–Crippen MR) is 149 cm³/mol. The van der Waals surface area contributed by atoms with E-state index in [1.54, 1.807) is 25.1 Å². The zero-order chi connectivity index (χ0) is 26.4. The van der Waals surface area contributed by atoms with Crippen LogP contribution in [0, 0.1) is 6.92 Å². The molecule has 0 saturated carbocycles. The average Bonchev–Trinajstić information content (AvgIpc) is 2.88. The number of carbonyl (C=O) groups is 1. The quantitative estimate of drug-likeness (QED) is 0.233. The molecular formula is C28H26ClN3O4S. The molecule has 190 valence electrons. The van der Waals surface area contributed by atoms with Gasteiger partial charge in [-0.15, -0.1) is 0 Å². The molecule has 0 aliphatic rings. The maximum Gasteiger partial charge on any atom is 0.260 e. The molecule has 0 bridgehead atoms. The van der Waals surface area contributed by atoms with Crippen LogP contribution in [0.25, 0.3) is 10.8 Å². The summed E-state index contributed by atoms with van der Waals surface area (Å²) < 4.78 is 31.6. The average molecular weight is 536 g/mol. The van der Waals surface area contributed by atoms with Crippen molar-refractivity contribution in [2.75, 3.05) is 17.1 Å². The molecule has 0 heterocycles. The highest BCUT2D eigenvalue weighted by Gasteiger charge is 2.23. The first-order valence-electron chi connectivity index (χ1n) is 11.5. The predicted octanol–water partition coefficient (Wildman–Crippen LogP) is 5.30. The van der Waals surface area contributed by atoms with Gasteiger partial charge in [0.05, 0.1) is 18.2 Å². The molecule has 0 unspecified atom stereocenters. The molecule has 4 aromatic carbocycles. The number of hydrogen-bond donors (Lipinski definition) is 1. The molecular weight excluding hydrogens is 510 g/mol. The largest absolute Gasteiger partial charge is 0.489 e. The fourth-order valence-corrected chi connectivity index (χ4v) is 4.90. The second-order valence-electron chi connectivity index (χ2n) is 8.44. The Labute approximate surface area is 221 Å². The first kappa shape index (κ1) is 26.2. The summed E-state index contributed by atoms with van der Waals surface area (Å²) in [5, 5.41) is 6.69. The van der Waals surface area contributed by atoms with Gasteiger partial charge in [0.15, 0.2) is 0 Å². The van der Waals surface area contributed by atoms with E-state index in [1.807, 2.05) is 48.5 Å². The summed E-state index contributed by atoms with van der Waals surface area (Å²) in [7, 11) is -3.72. The summed E-state index contributed by atoms with van der Waals surface area (Å²) >= 11 is 6.13. The van der Waals surface area contributed by atoms with Crippen LogP contribution in [0.2, 0.25) is 5.02 Å². The van der Waals surface area contributed by atoms with E-state index in [-0.39, 0.29) is 0 Å². The molecule has 0 atom stereocenters. The second kappa shape index (κ2) is 11.5. The standard InChI is InChI=1S/C28H26ClN3O4S/c1-20-26(29)11-6-12-27(20)32(37(2,34)35)18-28(33)31-30-17-21-13-15-24(16-14-21)36-19-23-9-5-8-22-7-3-4-10-25(22)23/h3-17H,18-19H2,1-2H3,(H,31,33)/b30-17-. The lowest BCUT2D eigenvalue weighted by Crippen LogP contribution is -2.39. The van der Waals surface area contributed by atoms with Crippen molar-refractivity contribution in [1.82, 2.24) is 5.43 Å². The number of benzene rings is 4. The number of hydrogen-bond acceptors (Lipinski definition) is 5. The van der Waals surface area contributed by atoms with E-state index in [9.17, 15) is 13.2 Å². The highest BCUT2D eigenvalue weighted by atomic mass is 35.5. The van der Waals surface area contributed by atoms with E-state index >= 15 is 0 Å². The molecule has 1 amide bonds. The van der Waals surface area contributed by atoms with Crippen molar-refractivity contribution < 1.29 is 17.9 Å². The number of nitrogens with zero attached hydrogens (tertiary/aromatic N) is 2. The van der Waals surface area contributed by atoms with Gasteiger partial charge in [-0.3, -0.25) is 9.10 Å². The van der Waals surface area contributed by atoms with Crippen molar-refractivity contribution >= 4 is 50.2 Å². The van der Waals surface area contributed by atoms with Gasteiger partial charge in [0.1, 0.15) is 18.9 Å². The Bertz CT molecular complexity index is 1550. The van der Waals surface area contributed by atoms with Crippen molar-refractivity contribution in [2.45, 2.75) is 13.5 Å². The lowest BCUT2D eigenvalue weighted by Gasteiger charge is -2.23. The van der Waals surface area contributed by atoms with E-state index in [4.69, 9.17) is 16.3 Å². The van der Waals surface area contributed by atoms with Crippen molar-refractivity contribution in [1.29, 1.82) is 0 Å². The van der Waals surface area contributed by atoms with E-state index < -0.39 is 22.5 Å². The van der Waals surface area contributed by atoms with Crippen LogP contribution in [0.1, 0.15) is 16.7 Å². The Morgan fingerprint density at radius 1 is 1.00 bits per heavy atom. The number of fused-ring (bicyclic) bond motifs is 1. The number of nitrogens with one attached hydrogen (secondary N) is 1. The Hall–Kier alpha value is -3.88. The number of ether oxygens (including phenoxy) is 1. The maximum atomic E-state index is 12.4. The van der Waals surface area contributed by atoms with Gasteiger partial charge in [0.25, 0.3) is 5.91 Å². The number of halogens is 1. The van der Waals surface area contributed by atoms with Crippen LogP contribution in [0.4, 0.5) is 5.69 Å². The number of anilines is 1. The summed E-state index contributed by atoms with van der Waals surface area (Å²) in [4.78, 5) is 12.4. The minimum atomic E-state index is -3.72. The Kier molecular flexibility index (Phi) is 8.11. The van der Waals surface area contributed by atoms with Crippen molar-refractivity contribution in [3.63, 3.8) is 0 Å². The zero-order valence-electron chi connectivity index (χ0n) is 20.4. The SMILES string of the molecule is Cc1c(Cl)cccc1N(CC(=O)N/N=C\c1ccc(OCc2cccc3ccccc23)cc1)S(C)(=O)=O. The van der Waals surface area contributed by atoms with Gasteiger partial charge in [-0.05, 0) is 70.8 Å². The summed E-state index contributed by atoms with van der Waals surface area (Å²) in [5.41, 5.74) is 5.12. The van der Waals surface area contributed by atoms with E-state index in [1.165, 1.54) is 11.6 Å². The molecule has 37 heavy (non-hydrogen) atoms. The maximum absolute atomic E-state index is 12.4. The van der Waals surface area contributed by atoms with Gasteiger partial charge in [0.2, 0.25) is 10.0 Å². The van der Waals surface area contributed by atoms with E-state index in [2.05, 4.69) is 28.7 Å². The topological polar surface area (TPSA) is 88.1 Å². The van der Waals surface area contributed by atoms with Gasteiger partial charge in [0, 0.05) is 5.02 Å². The Morgan fingerprint density at radius 3 is 2.46 bits per heavy atom. The number of amides is 1. The minimum Gasteiger partial charge on any atom is -0.489 e. The third kappa shape index (κ3) is 6.67. The monoisotopic (exact) mass is 535 g/mol. The molecule has 0 aliphatic heterocycles. The molecule has 0 fully saturated rings. The fraction of sp³-hybridized carbons (Fsp3) is 0.143. The third-order valence-corrected chi connectivity index (χ3v) is 7.29. The van der Waals surface area contributed by atoms with Crippen LogP contribution in [0.5, 0.6) is 5.75 Å². The molecule has 9 heteroatoms.